The molecule has 1 N–H and O–H groups in total. The number of aromatic nitrogens is 2. The van der Waals surface area contributed by atoms with Crippen molar-refractivity contribution in [2.45, 2.75) is 6.92 Å². The fourth-order valence-electron chi connectivity index (χ4n) is 2.11. The summed E-state index contributed by atoms with van der Waals surface area (Å²) in [5.41, 5.74) is 6.11. The molecule has 3 rings (SSSR count). The van der Waals surface area contributed by atoms with Crippen LogP contribution < -0.4 is 5.43 Å². The van der Waals surface area contributed by atoms with Crippen molar-refractivity contribution in [2.75, 3.05) is 5.43 Å². The number of rotatable bonds is 4. The first kappa shape index (κ1) is 16.8. The van der Waals surface area contributed by atoms with E-state index in [4.69, 9.17) is 34.8 Å². The number of nitrogens with one attached hydrogen (secondary N) is 1. The Kier molecular flexibility index (Phi) is 5.09. The number of aryl methyl sites for hydroxylation is 1. The predicted molar refractivity (Wildman–Crippen MR) is 101 cm³/mol. The Morgan fingerprint density at radius 1 is 0.958 bits per heavy atom. The predicted octanol–water partition coefficient (Wildman–Crippen LogP) is 5.59. The van der Waals surface area contributed by atoms with Crippen LogP contribution in [-0.4, -0.2) is 16.0 Å². The Hall–Kier alpha value is -2.01. The van der Waals surface area contributed by atoms with Crippen molar-refractivity contribution in [3.63, 3.8) is 0 Å². The van der Waals surface area contributed by atoms with Gasteiger partial charge in [0.15, 0.2) is 0 Å². The molecule has 0 amide bonds. The molecule has 0 bridgehead atoms. The van der Waals surface area contributed by atoms with E-state index in [-0.39, 0.29) is 0 Å². The van der Waals surface area contributed by atoms with Crippen LogP contribution in [0, 0.1) is 6.92 Å². The second-order valence-corrected chi connectivity index (χ2v) is 6.29. The molecular formula is C17H13Cl3N4. The molecule has 24 heavy (non-hydrogen) atoms. The highest BCUT2D eigenvalue weighted by Gasteiger charge is 2.13. The Morgan fingerprint density at radius 3 is 2.17 bits per heavy atom. The smallest absolute Gasteiger partial charge is 0.142 e. The van der Waals surface area contributed by atoms with Gasteiger partial charge in [-0.3, -0.25) is 5.43 Å². The van der Waals surface area contributed by atoms with Crippen LogP contribution in [-0.2, 0) is 0 Å². The Labute approximate surface area is 154 Å². The van der Waals surface area contributed by atoms with E-state index >= 15 is 0 Å². The topological polar surface area (TPSA) is 42.2 Å². The van der Waals surface area contributed by atoms with Crippen LogP contribution in [0.2, 0.25) is 15.2 Å². The van der Waals surface area contributed by atoms with Gasteiger partial charge in [0.05, 0.1) is 28.8 Å². The lowest BCUT2D eigenvalue weighted by atomic mass is 10.3. The summed E-state index contributed by atoms with van der Waals surface area (Å²) in [4.78, 5) is 0. The van der Waals surface area contributed by atoms with Crippen molar-refractivity contribution in [1.82, 2.24) is 9.78 Å². The average Bonchev–Trinajstić information content (AvgIpc) is 2.85. The monoisotopic (exact) mass is 378 g/mol. The Bertz CT molecular complexity index is 868. The van der Waals surface area contributed by atoms with E-state index in [1.54, 1.807) is 35.2 Å². The number of hydrazone groups is 1. The third-order valence-corrected chi connectivity index (χ3v) is 4.22. The van der Waals surface area contributed by atoms with Crippen LogP contribution in [0.4, 0.5) is 5.69 Å². The molecule has 3 aromatic rings. The van der Waals surface area contributed by atoms with E-state index in [0.717, 1.165) is 22.6 Å². The lowest BCUT2D eigenvalue weighted by molar-refractivity contribution is 0.863. The molecule has 7 heteroatoms. The van der Waals surface area contributed by atoms with Gasteiger partial charge in [-0.15, -0.1) is 0 Å². The van der Waals surface area contributed by atoms with Gasteiger partial charge in [0.2, 0.25) is 0 Å². The summed E-state index contributed by atoms with van der Waals surface area (Å²) < 4.78 is 1.65. The third-order valence-electron chi connectivity index (χ3n) is 3.35. The summed E-state index contributed by atoms with van der Waals surface area (Å²) in [5, 5.41) is 10.5. The summed E-state index contributed by atoms with van der Waals surface area (Å²) in [6.07, 6.45) is 1.64. The normalized spacial score (nSPS) is 11.2. The second-order valence-electron chi connectivity index (χ2n) is 5.06. The molecule has 0 aliphatic carbocycles. The molecule has 2 aromatic carbocycles. The summed E-state index contributed by atoms with van der Waals surface area (Å²) in [5.74, 6) is 0. The maximum absolute atomic E-state index is 6.44. The molecule has 122 valence electrons. The van der Waals surface area contributed by atoms with Crippen LogP contribution in [0.3, 0.4) is 0 Å². The van der Waals surface area contributed by atoms with Crippen molar-refractivity contribution in [1.29, 1.82) is 0 Å². The maximum atomic E-state index is 6.44. The zero-order chi connectivity index (χ0) is 17.1. The quantitative estimate of drug-likeness (QED) is 0.474. The van der Waals surface area contributed by atoms with E-state index in [1.165, 1.54) is 0 Å². The molecule has 1 heterocycles. The molecule has 4 nitrogen and oxygen atoms in total. The Morgan fingerprint density at radius 2 is 1.54 bits per heavy atom. The molecule has 0 fully saturated rings. The van der Waals surface area contributed by atoms with Crippen molar-refractivity contribution < 1.29 is 0 Å². The Balaban J connectivity index is 1.82. The average molecular weight is 380 g/mol. The van der Waals surface area contributed by atoms with Gasteiger partial charge in [-0.25, -0.2) is 4.68 Å². The zero-order valence-corrected chi connectivity index (χ0v) is 14.9. The van der Waals surface area contributed by atoms with Gasteiger partial charge < -0.3 is 0 Å². The van der Waals surface area contributed by atoms with Crippen molar-refractivity contribution >= 4 is 46.7 Å². The van der Waals surface area contributed by atoms with Gasteiger partial charge >= 0.3 is 0 Å². The van der Waals surface area contributed by atoms with Crippen molar-refractivity contribution in [3.05, 3.63) is 75.0 Å². The number of anilines is 1. The van der Waals surface area contributed by atoms with Crippen LogP contribution in [0.25, 0.3) is 5.69 Å². The molecule has 1 aromatic heterocycles. The standard InChI is InChI=1S/C17H13Cl3N4/c1-11-16(10-21-22-14-6-2-12(18)3-7-14)17(20)24(23-11)15-8-4-13(19)5-9-15/h2-10,22H,1H3/b21-10-. The molecule has 0 aliphatic rings. The largest absolute Gasteiger partial charge is 0.279 e. The van der Waals surface area contributed by atoms with Crippen LogP contribution in [0.1, 0.15) is 11.3 Å². The minimum Gasteiger partial charge on any atom is -0.279 e. The SMILES string of the molecule is Cc1nn(-c2ccc(Cl)cc2)c(Cl)c1/C=N\Nc1ccc(Cl)cc1. The summed E-state index contributed by atoms with van der Waals surface area (Å²) in [6, 6.07) is 14.5. The summed E-state index contributed by atoms with van der Waals surface area (Å²) in [6.45, 7) is 1.88. The number of halogens is 3. The maximum Gasteiger partial charge on any atom is 0.142 e. The first-order chi connectivity index (χ1) is 11.5. The first-order valence-electron chi connectivity index (χ1n) is 7.10. The van der Waals surface area contributed by atoms with Crippen LogP contribution >= 0.6 is 34.8 Å². The third kappa shape index (κ3) is 3.73. The fourth-order valence-corrected chi connectivity index (χ4v) is 2.68. The van der Waals surface area contributed by atoms with Gasteiger partial charge in [-0.1, -0.05) is 34.8 Å². The molecule has 0 atom stereocenters. The molecule has 0 unspecified atom stereocenters. The molecule has 0 aliphatic heterocycles. The highest BCUT2D eigenvalue weighted by Crippen LogP contribution is 2.23. The molecule has 0 radical (unpaired) electrons. The van der Waals surface area contributed by atoms with E-state index in [2.05, 4.69) is 15.6 Å². The zero-order valence-electron chi connectivity index (χ0n) is 12.7. The van der Waals surface area contributed by atoms with Gasteiger partial charge in [0.1, 0.15) is 5.15 Å². The molecule has 0 saturated carbocycles. The number of benzene rings is 2. The molecular weight excluding hydrogens is 367 g/mol. The number of hydrogen-bond acceptors (Lipinski definition) is 3. The molecule has 0 saturated heterocycles. The minimum absolute atomic E-state index is 0.483. The number of hydrogen-bond donors (Lipinski definition) is 1. The minimum atomic E-state index is 0.483. The first-order valence-corrected chi connectivity index (χ1v) is 8.23. The van der Waals surface area contributed by atoms with E-state index in [1.807, 2.05) is 31.2 Å². The van der Waals surface area contributed by atoms with E-state index in [9.17, 15) is 0 Å². The van der Waals surface area contributed by atoms with Gasteiger partial charge in [-0.05, 0) is 55.5 Å². The van der Waals surface area contributed by atoms with Crippen molar-refractivity contribution in [3.8, 4) is 5.69 Å². The second kappa shape index (κ2) is 7.26. The summed E-state index contributed by atoms with van der Waals surface area (Å²) >= 11 is 18.2. The lowest BCUT2D eigenvalue weighted by Crippen LogP contribution is -1.96. The van der Waals surface area contributed by atoms with Gasteiger partial charge in [-0.2, -0.15) is 10.2 Å². The summed E-state index contributed by atoms with van der Waals surface area (Å²) in [7, 11) is 0. The fraction of sp³-hybridized carbons (Fsp3) is 0.0588. The van der Waals surface area contributed by atoms with Gasteiger partial charge in [0.25, 0.3) is 0 Å². The number of nitrogens with zero attached hydrogens (tertiary/aromatic N) is 3. The van der Waals surface area contributed by atoms with Crippen LogP contribution in [0.15, 0.2) is 53.6 Å². The van der Waals surface area contributed by atoms with Gasteiger partial charge in [0, 0.05) is 10.0 Å². The van der Waals surface area contributed by atoms with E-state index < -0.39 is 0 Å². The highest BCUT2D eigenvalue weighted by molar-refractivity contribution is 6.32. The lowest BCUT2D eigenvalue weighted by Gasteiger charge is -2.03. The highest BCUT2D eigenvalue weighted by atomic mass is 35.5. The van der Waals surface area contributed by atoms with Crippen LogP contribution in [0.5, 0.6) is 0 Å². The molecule has 0 spiro atoms. The van der Waals surface area contributed by atoms with Crippen molar-refractivity contribution in [2.24, 2.45) is 5.10 Å². The van der Waals surface area contributed by atoms with E-state index in [0.29, 0.717) is 15.2 Å².